The molecule has 0 aromatic heterocycles. The molecule has 0 saturated heterocycles. The molecule has 0 unspecified atom stereocenters. The van der Waals surface area contributed by atoms with Gasteiger partial charge in [0.05, 0.1) is 19.3 Å². The van der Waals surface area contributed by atoms with Gasteiger partial charge in [-0.3, -0.25) is 4.79 Å². The summed E-state index contributed by atoms with van der Waals surface area (Å²) in [6.07, 6.45) is 10.5. The molecule has 0 aliphatic heterocycles. The number of Topliss-reactive ketones (excluding diaryl/α,β-unsaturated/α-hetero) is 1. The third-order valence-electron chi connectivity index (χ3n) is 7.06. The zero-order valence-electron chi connectivity index (χ0n) is 23.4. The van der Waals surface area contributed by atoms with E-state index < -0.39 is 8.32 Å². The smallest absolute Gasteiger partial charge is 0.192 e. The van der Waals surface area contributed by atoms with Gasteiger partial charge in [0.25, 0.3) is 0 Å². The molecule has 1 aromatic carbocycles. The van der Waals surface area contributed by atoms with Crippen LogP contribution in [0.3, 0.4) is 0 Å². The fourth-order valence-corrected chi connectivity index (χ4v) is 5.12. The van der Waals surface area contributed by atoms with E-state index in [0.29, 0.717) is 25.4 Å². The van der Waals surface area contributed by atoms with Gasteiger partial charge >= 0.3 is 0 Å². The van der Waals surface area contributed by atoms with Crippen LogP contribution in [0.2, 0.25) is 18.1 Å². The number of ether oxygens (including phenoxy) is 1. The molecule has 0 aliphatic rings. The Morgan fingerprint density at radius 1 is 1.00 bits per heavy atom. The molecule has 0 spiro atoms. The van der Waals surface area contributed by atoms with Crippen molar-refractivity contribution in [3.8, 4) is 0 Å². The number of hydrogen-bond acceptors (Lipinski definition) is 3. The monoisotopic (exact) mass is 488 g/mol. The largest absolute Gasteiger partial charge is 0.411 e. The maximum Gasteiger partial charge on any atom is 0.192 e. The molecule has 194 valence electrons. The van der Waals surface area contributed by atoms with Crippen LogP contribution < -0.4 is 0 Å². The van der Waals surface area contributed by atoms with E-state index in [0.717, 1.165) is 24.8 Å². The van der Waals surface area contributed by atoms with Gasteiger partial charge in [-0.05, 0) is 50.4 Å². The summed E-state index contributed by atoms with van der Waals surface area (Å²) in [5.41, 5.74) is 2.39. The lowest BCUT2D eigenvalue weighted by atomic mass is 9.90. The normalized spacial score (nSPS) is 14.0. The molecule has 34 heavy (non-hydrogen) atoms. The van der Waals surface area contributed by atoms with Crippen molar-refractivity contribution in [2.45, 2.75) is 124 Å². The fraction of sp³-hybridized carbons (Fsp3) is 0.700. The molecular weight excluding hydrogens is 436 g/mol. The zero-order valence-corrected chi connectivity index (χ0v) is 24.4. The first-order valence-electron chi connectivity index (χ1n) is 13.4. The van der Waals surface area contributed by atoms with Crippen molar-refractivity contribution in [2.24, 2.45) is 5.92 Å². The predicted octanol–water partition coefficient (Wildman–Crippen LogP) is 8.89. The van der Waals surface area contributed by atoms with E-state index in [9.17, 15) is 4.79 Å². The summed E-state index contributed by atoms with van der Waals surface area (Å²) >= 11 is 0. The van der Waals surface area contributed by atoms with E-state index in [1.807, 2.05) is 18.2 Å². The number of rotatable bonds is 17. The lowest BCUT2D eigenvalue weighted by Crippen LogP contribution is -2.48. The van der Waals surface area contributed by atoms with Crippen molar-refractivity contribution in [2.75, 3.05) is 6.61 Å². The highest BCUT2D eigenvalue weighted by Crippen LogP contribution is 2.38. The average Bonchev–Trinajstić information content (AvgIpc) is 2.75. The Morgan fingerprint density at radius 3 is 2.21 bits per heavy atom. The molecule has 0 bridgehead atoms. The number of ketones is 1. The third-order valence-corrected chi connectivity index (χ3v) is 11.6. The van der Waals surface area contributed by atoms with Crippen molar-refractivity contribution >= 4 is 14.1 Å². The van der Waals surface area contributed by atoms with Crippen LogP contribution in [-0.4, -0.2) is 26.8 Å². The topological polar surface area (TPSA) is 35.5 Å². The molecule has 0 N–H and O–H groups in total. The van der Waals surface area contributed by atoms with Crippen molar-refractivity contribution in [1.82, 2.24) is 0 Å². The van der Waals surface area contributed by atoms with Crippen LogP contribution in [0, 0.1) is 5.92 Å². The summed E-state index contributed by atoms with van der Waals surface area (Å²) in [5, 5.41) is 0.0774. The molecular formula is C30H52O3Si. The van der Waals surface area contributed by atoms with Crippen molar-refractivity contribution in [3.63, 3.8) is 0 Å². The molecule has 4 heteroatoms. The summed E-state index contributed by atoms with van der Waals surface area (Å²) in [6, 6.07) is 10.2. The van der Waals surface area contributed by atoms with E-state index in [2.05, 4.69) is 72.8 Å². The number of carbonyl (C=O) groups excluding carboxylic acids is 1. The molecule has 0 fully saturated rings. The molecule has 1 rings (SSSR count). The Labute approximate surface area is 211 Å². The van der Waals surface area contributed by atoms with Gasteiger partial charge < -0.3 is 9.16 Å². The van der Waals surface area contributed by atoms with Gasteiger partial charge in [0.15, 0.2) is 8.32 Å². The SMILES string of the molecule is CCCCCCCCC(=O)[C@@H](CC=C(C)C)[C@H](COCc1ccccc1)O[Si](C)(C)C(C)(C)C. The van der Waals surface area contributed by atoms with Crippen molar-refractivity contribution < 1.29 is 14.0 Å². The number of benzene rings is 1. The lowest BCUT2D eigenvalue weighted by Gasteiger charge is -2.41. The van der Waals surface area contributed by atoms with E-state index in [1.165, 1.54) is 31.3 Å². The van der Waals surface area contributed by atoms with Gasteiger partial charge in [-0.1, -0.05) is 102 Å². The first kappa shape index (κ1) is 30.8. The van der Waals surface area contributed by atoms with Crippen molar-refractivity contribution in [1.29, 1.82) is 0 Å². The van der Waals surface area contributed by atoms with E-state index in [-0.39, 0.29) is 17.1 Å². The maximum absolute atomic E-state index is 13.5. The second kappa shape index (κ2) is 15.7. The highest BCUT2D eigenvalue weighted by atomic mass is 28.4. The first-order chi connectivity index (χ1) is 16.0. The van der Waals surface area contributed by atoms with E-state index in [1.54, 1.807) is 0 Å². The first-order valence-corrected chi connectivity index (χ1v) is 16.3. The van der Waals surface area contributed by atoms with Gasteiger partial charge in [0.1, 0.15) is 5.78 Å². The number of unbranched alkanes of at least 4 members (excludes halogenated alkanes) is 5. The summed E-state index contributed by atoms with van der Waals surface area (Å²) in [7, 11) is -2.07. The van der Waals surface area contributed by atoms with Crippen LogP contribution in [-0.2, 0) is 20.6 Å². The Bertz CT molecular complexity index is 714. The van der Waals surface area contributed by atoms with Crippen LogP contribution in [0.5, 0.6) is 0 Å². The van der Waals surface area contributed by atoms with Crippen LogP contribution >= 0.6 is 0 Å². The van der Waals surface area contributed by atoms with Gasteiger partial charge in [-0.2, -0.15) is 0 Å². The lowest BCUT2D eigenvalue weighted by molar-refractivity contribution is -0.127. The molecule has 0 amide bonds. The summed E-state index contributed by atoms with van der Waals surface area (Å²) in [4.78, 5) is 13.5. The quantitative estimate of drug-likeness (QED) is 0.125. The van der Waals surface area contributed by atoms with Crippen molar-refractivity contribution in [3.05, 3.63) is 47.5 Å². The average molecular weight is 489 g/mol. The molecule has 0 heterocycles. The molecule has 0 aliphatic carbocycles. The molecule has 1 aromatic rings. The summed E-state index contributed by atoms with van der Waals surface area (Å²) < 4.78 is 13.1. The number of carbonyl (C=O) groups is 1. The Morgan fingerprint density at radius 2 is 1.62 bits per heavy atom. The van der Waals surface area contributed by atoms with Crippen LogP contribution in [0.4, 0.5) is 0 Å². The van der Waals surface area contributed by atoms with Crippen LogP contribution in [0.15, 0.2) is 42.0 Å². The van der Waals surface area contributed by atoms with Gasteiger partial charge in [-0.15, -0.1) is 0 Å². The molecule has 3 nitrogen and oxygen atoms in total. The van der Waals surface area contributed by atoms with Gasteiger partial charge in [-0.25, -0.2) is 0 Å². The second-order valence-electron chi connectivity index (χ2n) is 11.5. The third kappa shape index (κ3) is 11.9. The summed E-state index contributed by atoms with van der Waals surface area (Å²) in [6.45, 7) is 18.7. The Kier molecular flexibility index (Phi) is 14.2. The van der Waals surface area contributed by atoms with Gasteiger partial charge in [0.2, 0.25) is 0 Å². The highest BCUT2D eigenvalue weighted by Gasteiger charge is 2.41. The zero-order chi connectivity index (χ0) is 25.6. The minimum atomic E-state index is -2.07. The van der Waals surface area contributed by atoms with E-state index >= 15 is 0 Å². The molecule has 0 saturated carbocycles. The van der Waals surface area contributed by atoms with Crippen LogP contribution in [0.25, 0.3) is 0 Å². The number of hydrogen-bond donors (Lipinski definition) is 0. The standard InChI is InChI=1S/C30H52O3Si/c1-9-10-11-12-13-17-20-28(31)27(22-21-25(2)3)29(33-34(7,8)30(4,5)6)24-32-23-26-18-15-14-16-19-26/h14-16,18-19,21,27,29H,9-13,17,20,22-24H2,1-8H3/t27-,29+/m1/s1. The molecule has 2 atom stereocenters. The van der Waals surface area contributed by atoms with E-state index in [4.69, 9.17) is 9.16 Å². The molecule has 0 radical (unpaired) electrons. The summed E-state index contributed by atoms with van der Waals surface area (Å²) in [5.74, 6) is 0.176. The minimum Gasteiger partial charge on any atom is -0.411 e. The highest BCUT2D eigenvalue weighted by molar-refractivity contribution is 6.74. The maximum atomic E-state index is 13.5. The Hall–Kier alpha value is -1.23. The minimum absolute atomic E-state index is 0.0774. The fourth-order valence-electron chi connectivity index (χ4n) is 3.77. The van der Waals surface area contributed by atoms with Gasteiger partial charge in [0, 0.05) is 12.3 Å². The Balaban J connectivity index is 2.98. The number of allylic oxidation sites excluding steroid dienone is 2. The predicted molar refractivity (Wildman–Crippen MR) is 149 cm³/mol. The second-order valence-corrected chi connectivity index (χ2v) is 16.3. The van der Waals surface area contributed by atoms with Crippen LogP contribution in [0.1, 0.15) is 98.5 Å².